The molecular weight excluding hydrogens is 378 g/mol. The number of likely N-dealkylation sites (tertiary alicyclic amines) is 1. The van der Waals surface area contributed by atoms with Gasteiger partial charge in [-0.05, 0) is 57.4 Å². The van der Waals surface area contributed by atoms with Crippen molar-refractivity contribution in [2.24, 2.45) is 0 Å². The number of nitrogens with zero attached hydrogens (tertiary/aromatic N) is 4. The van der Waals surface area contributed by atoms with Crippen molar-refractivity contribution in [1.29, 1.82) is 0 Å². The second-order valence-corrected chi connectivity index (χ2v) is 8.86. The van der Waals surface area contributed by atoms with E-state index < -0.39 is 5.60 Å². The van der Waals surface area contributed by atoms with Crippen LogP contribution in [-0.4, -0.2) is 44.4 Å². The monoisotopic (exact) mass is 403 g/mol. The first-order chi connectivity index (χ1) is 13.3. The van der Waals surface area contributed by atoms with Crippen molar-refractivity contribution in [3.63, 3.8) is 0 Å². The van der Waals surface area contributed by atoms with E-state index in [9.17, 15) is 4.79 Å². The molecule has 0 atom stereocenters. The number of benzene rings is 1. The first kappa shape index (κ1) is 19.2. The minimum Gasteiger partial charge on any atom is -0.444 e. The number of hydrogen-bond donors (Lipinski definition) is 1. The molecule has 1 fully saturated rings. The zero-order chi connectivity index (χ0) is 19.9. The molecule has 1 saturated heterocycles. The number of hydrogen-bond acceptors (Lipinski definition) is 5. The second-order valence-electron chi connectivity index (χ2n) is 8.43. The normalized spacial score (nSPS) is 17.6. The van der Waals surface area contributed by atoms with E-state index in [2.05, 4.69) is 20.1 Å². The summed E-state index contributed by atoms with van der Waals surface area (Å²) < 4.78 is 7.67. The van der Waals surface area contributed by atoms with E-state index in [0.29, 0.717) is 19.6 Å². The number of ether oxygens (including phenoxy) is 1. The summed E-state index contributed by atoms with van der Waals surface area (Å²) in [6.07, 6.45) is 1.44. The van der Waals surface area contributed by atoms with Crippen LogP contribution in [0.15, 0.2) is 18.2 Å². The summed E-state index contributed by atoms with van der Waals surface area (Å²) >= 11 is 6.19. The molecule has 0 saturated carbocycles. The van der Waals surface area contributed by atoms with Crippen LogP contribution in [0.5, 0.6) is 0 Å². The quantitative estimate of drug-likeness (QED) is 0.787. The molecule has 1 amide bonds. The molecule has 8 heteroatoms. The van der Waals surface area contributed by atoms with Gasteiger partial charge in [0.2, 0.25) is 0 Å². The van der Waals surface area contributed by atoms with Crippen LogP contribution in [-0.2, 0) is 17.8 Å². The summed E-state index contributed by atoms with van der Waals surface area (Å²) in [6, 6.07) is 5.94. The molecule has 0 aliphatic carbocycles. The highest BCUT2D eigenvalue weighted by molar-refractivity contribution is 6.30. The molecule has 0 spiro atoms. The summed E-state index contributed by atoms with van der Waals surface area (Å²) in [6.45, 7) is 8.40. The summed E-state index contributed by atoms with van der Waals surface area (Å²) in [4.78, 5) is 14.1. The van der Waals surface area contributed by atoms with Gasteiger partial charge in [0.25, 0.3) is 0 Å². The molecule has 2 aromatic rings. The highest BCUT2D eigenvalue weighted by Gasteiger charge is 2.31. The fraction of sp³-hybridized carbons (Fsp3) is 0.550. The number of halogens is 1. The number of rotatable bonds is 1. The Bertz CT molecular complexity index is 881. The van der Waals surface area contributed by atoms with Gasteiger partial charge >= 0.3 is 6.09 Å². The lowest BCUT2D eigenvalue weighted by molar-refractivity contribution is 0.0203. The third-order valence-corrected chi connectivity index (χ3v) is 5.38. The van der Waals surface area contributed by atoms with Gasteiger partial charge in [-0.3, -0.25) is 4.57 Å². The fourth-order valence-corrected chi connectivity index (χ4v) is 4.04. The van der Waals surface area contributed by atoms with E-state index in [0.717, 1.165) is 47.3 Å². The average molecular weight is 404 g/mol. The topological polar surface area (TPSA) is 72.3 Å². The minimum absolute atomic E-state index is 0.241. The molecule has 2 aliphatic rings. The van der Waals surface area contributed by atoms with Crippen LogP contribution < -0.4 is 5.32 Å². The SMILES string of the molecule is CC(C)(C)OC(=O)N1CCC(c2nnc3n2-c2ccc(Cl)cc2CNC3)CC1. The highest BCUT2D eigenvalue weighted by atomic mass is 35.5. The van der Waals surface area contributed by atoms with Crippen molar-refractivity contribution >= 4 is 17.7 Å². The minimum atomic E-state index is -0.476. The number of fused-ring (bicyclic) bond motifs is 3. The van der Waals surface area contributed by atoms with Crippen LogP contribution in [0, 0.1) is 0 Å². The molecule has 1 aromatic carbocycles. The van der Waals surface area contributed by atoms with Crippen molar-refractivity contribution in [3.8, 4) is 5.69 Å². The lowest BCUT2D eigenvalue weighted by Crippen LogP contribution is -2.41. The Morgan fingerprint density at radius 1 is 1.21 bits per heavy atom. The average Bonchev–Trinajstić information content (AvgIpc) is 2.96. The highest BCUT2D eigenvalue weighted by Crippen LogP contribution is 2.32. The van der Waals surface area contributed by atoms with Crippen LogP contribution in [0.25, 0.3) is 5.69 Å². The third kappa shape index (κ3) is 3.86. The molecule has 28 heavy (non-hydrogen) atoms. The molecule has 2 aliphatic heterocycles. The molecule has 1 N–H and O–H groups in total. The number of carbonyl (C=O) groups excluding carboxylic acids is 1. The van der Waals surface area contributed by atoms with E-state index in [4.69, 9.17) is 16.3 Å². The lowest BCUT2D eigenvalue weighted by atomic mass is 9.96. The molecule has 3 heterocycles. The van der Waals surface area contributed by atoms with Gasteiger partial charge in [0.1, 0.15) is 11.4 Å². The van der Waals surface area contributed by atoms with Gasteiger partial charge in [-0.1, -0.05) is 11.6 Å². The van der Waals surface area contributed by atoms with Crippen molar-refractivity contribution in [2.75, 3.05) is 13.1 Å². The predicted molar refractivity (Wildman–Crippen MR) is 107 cm³/mol. The zero-order valence-electron chi connectivity index (χ0n) is 16.5. The number of aromatic nitrogens is 3. The van der Waals surface area contributed by atoms with Gasteiger partial charge in [-0.25, -0.2) is 4.79 Å². The third-order valence-electron chi connectivity index (χ3n) is 5.15. The second kappa shape index (κ2) is 7.37. The summed E-state index contributed by atoms with van der Waals surface area (Å²) in [5.41, 5.74) is 1.74. The lowest BCUT2D eigenvalue weighted by Gasteiger charge is -2.33. The first-order valence-electron chi connectivity index (χ1n) is 9.73. The molecule has 1 aromatic heterocycles. The largest absolute Gasteiger partial charge is 0.444 e. The van der Waals surface area contributed by atoms with Gasteiger partial charge in [0.15, 0.2) is 5.82 Å². The van der Waals surface area contributed by atoms with E-state index in [1.54, 1.807) is 4.90 Å². The van der Waals surface area contributed by atoms with Crippen molar-refractivity contribution in [1.82, 2.24) is 25.0 Å². The summed E-state index contributed by atoms with van der Waals surface area (Å²) in [7, 11) is 0. The standard InChI is InChI=1S/C20H26ClN5O2/c1-20(2,3)28-19(27)25-8-6-13(7-9-25)18-24-23-17-12-22-11-14-10-15(21)4-5-16(14)26(17)18/h4-5,10,13,22H,6-9,11-12H2,1-3H3. The van der Waals surface area contributed by atoms with E-state index in [-0.39, 0.29) is 12.0 Å². The molecule has 150 valence electrons. The van der Waals surface area contributed by atoms with Gasteiger partial charge in [0, 0.05) is 30.6 Å². The van der Waals surface area contributed by atoms with E-state index >= 15 is 0 Å². The Kier molecular flexibility index (Phi) is 5.05. The van der Waals surface area contributed by atoms with Crippen LogP contribution in [0.2, 0.25) is 5.02 Å². The van der Waals surface area contributed by atoms with Crippen molar-refractivity contribution < 1.29 is 9.53 Å². The first-order valence-corrected chi connectivity index (χ1v) is 10.1. The Hall–Kier alpha value is -2.12. The van der Waals surface area contributed by atoms with Crippen LogP contribution in [0.3, 0.4) is 0 Å². The maximum Gasteiger partial charge on any atom is 0.410 e. The van der Waals surface area contributed by atoms with Gasteiger partial charge in [0.05, 0.1) is 12.2 Å². The maximum atomic E-state index is 12.3. The van der Waals surface area contributed by atoms with Crippen LogP contribution in [0.4, 0.5) is 4.79 Å². The Morgan fingerprint density at radius 3 is 2.68 bits per heavy atom. The van der Waals surface area contributed by atoms with Crippen LogP contribution >= 0.6 is 11.6 Å². The van der Waals surface area contributed by atoms with Crippen LogP contribution in [0.1, 0.15) is 56.7 Å². The number of carbonyl (C=O) groups is 1. The fourth-order valence-electron chi connectivity index (χ4n) is 3.84. The van der Waals surface area contributed by atoms with Crippen molar-refractivity contribution in [2.45, 2.75) is 58.2 Å². The Labute approximate surface area is 170 Å². The zero-order valence-corrected chi connectivity index (χ0v) is 17.3. The summed E-state index contributed by atoms with van der Waals surface area (Å²) in [5.74, 6) is 2.12. The molecular formula is C20H26ClN5O2. The van der Waals surface area contributed by atoms with Gasteiger partial charge in [-0.15, -0.1) is 10.2 Å². The molecule has 0 radical (unpaired) electrons. The molecule has 0 unspecified atom stereocenters. The van der Waals surface area contributed by atoms with E-state index in [1.165, 1.54) is 0 Å². The van der Waals surface area contributed by atoms with Gasteiger partial charge in [-0.2, -0.15) is 0 Å². The van der Waals surface area contributed by atoms with E-state index in [1.807, 2.05) is 39.0 Å². The van der Waals surface area contributed by atoms with Gasteiger partial charge < -0.3 is 15.0 Å². The molecule has 0 bridgehead atoms. The number of amides is 1. The smallest absolute Gasteiger partial charge is 0.410 e. The maximum absolute atomic E-state index is 12.3. The summed E-state index contributed by atoms with van der Waals surface area (Å²) in [5, 5.41) is 13.1. The predicted octanol–water partition coefficient (Wildman–Crippen LogP) is 3.64. The molecule has 4 rings (SSSR count). The number of nitrogens with one attached hydrogen (secondary N) is 1. The number of piperidine rings is 1. The molecule has 7 nitrogen and oxygen atoms in total. The Balaban J connectivity index is 1.55. The van der Waals surface area contributed by atoms with Crippen molar-refractivity contribution in [3.05, 3.63) is 40.4 Å². The Morgan fingerprint density at radius 2 is 1.96 bits per heavy atom.